The van der Waals surface area contributed by atoms with Crippen molar-refractivity contribution in [1.29, 1.82) is 0 Å². The monoisotopic (exact) mass is 326 g/mol. The molecule has 1 aliphatic carbocycles. The molecule has 0 saturated heterocycles. The summed E-state index contributed by atoms with van der Waals surface area (Å²) in [6.45, 7) is 0. The van der Waals surface area contributed by atoms with Crippen LogP contribution in [0.25, 0.3) is 0 Å². The van der Waals surface area contributed by atoms with Crippen molar-refractivity contribution in [2.75, 3.05) is 7.05 Å². The van der Waals surface area contributed by atoms with Crippen molar-refractivity contribution in [2.45, 2.75) is 38.1 Å². The average Bonchev–Trinajstić information content (AvgIpc) is 2.62. The van der Waals surface area contributed by atoms with E-state index in [1.165, 1.54) is 32.1 Å². The van der Waals surface area contributed by atoms with Crippen molar-refractivity contribution < 1.29 is 0 Å². The van der Waals surface area contributed by atoms with Gasteiger partial charge in [0.2, 0.25) is 0 Å². The quantitative estimate of drug-likeness (QED) is 0.523. The van der Waals surface area contributed by atoms with Crippen molar-refractivity contribution in [3.8, 4) is 0 Å². The van der Waals surface area contributed by atoms with Gasteiger partial charge in [-0.15, -0.1) is 0 Å². The first-order valence-corrected chi connectivity index (χ1v) is 8.75. The smallest absolute Gasteiger partial charge is 0.136 e. The summed E-state index contributed by atoms with van der Waals surface area (Å²) in [7, 11) is 2.17. The standard InChI is InChI=1S/C20H23ClN2/c1-23(17-12-6-3-7-13-17)20(16-10-4-2-5-11-16)22-19-15-9-8-14-18(19)21/h2,4-5,8-11,14-15,17H,3,6-7,12-13H2,1H3. The molecule has 0 aromatic heterocycles. The van der Waals surface area contributed by atoms with Gasteiger partial charge in [0.05, 0.1) is 10.7 Å². The van der Waals surface area contributed by atoms with E-state index in [4.69, 9.17) is 16.6 Å². The third-order valence-electron chi connectivity index (χ3n) is 4.57. The molecule has 2 nitrogen and oxygen atoms in total. The number of para-hydroxylation sites is 1. The normalized spacial score (nSPS) is 16.3. The molecular weight excluding hydrogens is 304 g/mol. The van der Waals surface area contributed by atoms with Crippen molar-refractivity contribution in [2.24, 2.45) is 4.99 Å². The van der Waals surface area contributed by atoms with Crippen molar-refractivity contribution in [1.82, 2.24) is 4.90 Å². The second-order valence-corrected chi connectivity index (χ2v) is 6.56. The van der Waals surface area contributed by atoms with E-state index in [1.807, 2.05) is 30.3 Å². The third-order valence-corrected chi connectivity index (χ3v) is 4.89. The summed E-state index contributed by atoms with van der Waals surface area (Å²) in [5, 5.41) is 0.693. The van der Waals surface area contributed by atoms with Crippen LogP contribution in [0.15, 0.2) is 59.6 Å². The van der Waals surface area contributed by atoms with E-state index >= 15 is 0 Å². The molecule has 0 radical (unpaired) electrons. The molecule has 1 saturated carbocycles. The first kappa shape index (κ1) is 16.1. The Morgan fingerprint density at radius 2 is 1.61 bits per heavy atom. The van der Waals surface area contributed by atoms with Gasteiger partial charge >= 0.3 is 0 Å². The summed E-state index contributed by atoms with van der Waals surface area (Å²) in [4.78, 5) is 7.26. The number of amidine groups is 1. The zero-order chi connectivity index (χ0) is 16.1. The van der Waals surface area contributed by atoms with Gasteiger partial charge in [-0.05, 0) is 25.0 Å². The van der Waals surface area contributed by atoms with Crippen LogP contribution in [-0.4, -0.2) is 23.8 Å². The minimum Gasteiger partial charge on any atom is -0.356 e. The maximum absolute atomic E-state index is 6.32. The van der Waals surface area contributed by atoms with Gasteiger partial charge < -0.3 is 4.90 Å². The van der Waals surface area contributed by atoms with Gasteiger partial charge in [-0.2, -0.15) is 0 Å². The van der Waals surface area contributed by atoms with E-state index in [1.54, 1.807) is 0 Å². The molecule has 0 spiro atoms. The van der Waals surface area contributed by atoms with E-state index in [-0.39, 0.29) is 0 Å². The van der Waals surface area contributed by atoms with Gasteiger partial charge in [0.25, 0.3) is 0 Å². The zero-order valence-electron chi connectivity index (χ0n) is 13.6. The van der Waals surface area contributed by atoms with Crippen LogP contribution < -0.4 is 0 Å². The molecule has 1 aliphatic rings. The van der Waals surface area contributed by atoms with Crippen molar-refractivity contribution in [3.63, 3.8) is 0 Å². The molecule has 0 N–H and O–H groups in total. The molecular formula is C20H23ClN2. The SMILES string of the molecule is CN(C(=Nc1ccccc1Cl)c1ccccc1)C1CCCCC1. The molecule has 0 aliphatic heterocycles. The van der Waals surface area contributed by atoms with E-state index in [0.717, 1.165) is 17.1 Å². The van der Waals surface area contributed by atoms with Gasteiger partial charge in [0.1, 0.15) is 5.84 Å². The minimum atomic E-state index is 0.560. The fourth-order valence-electron chi connectivity index (χ4n) is 3.23. The Morgan fingerprint density at radius 1 is 0.957 bits per heavy atom. The molecule has 0 bridgehead atoms. The lowest BCUT2D eigenvalue weighted by Gasteiger charge is -2.33. The predicted octanol–water partition coefficient (Wildman–Crippen LogP) is 5.68. The van der Waals surface area contributed by atoms with E-state index in [9.17, 15) is 0 Å². The molecule has 0 atom stereocenters. The lowest BCUT2D eigenvalue weighted by molar-refractivity contribution is 0.279. The van der Waals surface area contributed by atoms with Crippen LogP contribution in [0.3, 0.4) is 0 Å². The van der Waals surface area contributed by atoms with Crippen LogP contribution in [0.2, 0.25) is 5.02 Å². The van der Waals surface area contributed by atoms with Gasteiger partial charge in [-0.3, -0.25) is 0 Å². The molecule has 1 fully saturated rings. The van der Waals surface area contributed by atoms with Crippen LogP contribution in [0.1, 0.15) is 37.7 Å². The van der Waals surface area contributed by atoms with Gasteiger partial charge in [0, 0.05) is 18.7 Å². The Labute approximate surface area is 143 Å². The molecule has 120 valence electrons. The van der Waals surface area contributed by atoms with Gasteiger partial charge in [-0.1, -0.05) is 73.3 Å². The molecule has 23 heavy (non-hydrogen) atoms. The number of aliphatic imine (C=N–C) groups is 1. The molecule has 3 rings (SSSR count). The first-order chi connectivity index (χ1) is 11.3. The maximum Gasteiger partial charge on any atom is 0.136 e. The molecule has 2 aromatic rings. The van der Waals surface area contributed by atoms with Crippen LogP contribution in [-0.2, 0) is 0 Å². The lowest BCUT2D eigenvalue weighted by Crippen LogP contribution is -2.38. The summed E-state index contributed by atoms with van der Waals surface area (Å²) >= 11 is 6.32. The van der Waals surface area contributed by atoms with Crippen molar-refractivity contribution in [3.05, 3.63) is 65.2 Å². The third kappa shape index (κ3) is 3.94. The fourth-order valence-corrected chi connectivity index (χ4v) is 3.41. The van der Waals surface area contributed by atoms with Crippen molar-refractivity contribution >= 4 is 23.1 Å². The second-order valence-electron chi connectivity index (χ2n) is 6.16. The predicted molar refractivity (Wildman–Crippen MR) is 98.7 cm³/mol. The Morgan fingerprint density at radius 3 is 2.30 bits per heavy atom. The molecule has 0 heterocycles. The topological polar surface area (TPSA) is 15.6 Å². The Kier molecular flexibility index (Phi) is 5.35. The van der Waals surface area contributed by atoms with Gasteiger partial charge in [-0.25, -0.2) is 4.99 Å². The highest BCUT2D eigenvalue weighted by molar-refractivity contribution is 6.33. The number of hydrogen-bond donors (Lipinski definition) is 0. The summed E-state index contributed by atoms with van der Waals surface area (Å²) < 4.78 is 0. The van der Waals surface area contributed by atoms with Crippen LogP contribution >= 0.6 is 11.6 Å². The van der Waals surface area contributed by atoms with Crippen LogP contribution in [0, 0.1) is 0 Å². The number of nitrogens with zero attached hydrogens (tertiary/aromatic N) is 2. The summed E-state index contributed by atoms with van der Waals surface area (Å²) in [5.74, 6) is 1.01. The fraction of sp³-hybridized carbons (Fsp3) is 0.350. The molecule has 2 aromatic carbocycles. The largest absolute Gasteiger partial charge is 0.356 e. The van der Waals surface area contributed by atoms with Crippen LogP contribution in [0.4, 0.5) is 5.69 Å². The maximum atomic E-state index is 6.32. The number of rotatable bonds is 3. The zero-order valence-corrected chi connectivity index (χ0v) is 14.3. The number of hydrogen-bond acceptors (Lipinski definition) is 1. The van der Waals surface area contributed by atoms with E-state index in [2.05, 4.69) is 36.2 Å². The second kappa shape index (κ2) is 7.65. The summed E-state index contributed by atoms with van der Waals surface area (Å²) in [5.41, 5.74) is 1.97. The van der Waals surface area contributed by atoms with Gasteiger partial charge in [0.15, 0.2) is 0 Å². The highest BCUT2D eigenvalue weighted by atomic mass is 35.5. The molecule has 0 amide bonds. The summed E-state index contributed by atoms with van der Waals surface area (Å²) in [6, 6.07) is 18.7. The molecule has 0 unspecified atom stereocenters. The number of benzene rings is 2. The highest BCUT2D eigenvalue weighted by Crippen LogP contribution is 2.28. The van der Waals surface area contributed by atoms with E-state index in [0.29, 0.717) is 11.1 Å². The van der Waals surface area contributed by atoms with Crippen LogP contribution in [0.5, 0.6) is 0 Å². The Hall–Kier alpha value is -1.80. The van der Waals surface area contributed by atoms with E-state index < -0.39 is 0 Å². The Bertz CT molecular complexity index is 660. The number of halogens is 1. The lowest BCUT2D eigenvalue weighted by atomic mass is 9.94. The first-order valence-electron chi connectivity index (χ1n) is 8.37. The Balaban J connectivity index is 1.98. The molecule has 3 heteroatoms. The average molecular weight is 327 g/mol. The highest BCUT2D eigenvalue weighted by Gasteiger charge is 2.22. The summed E-state index contributed by atoms with van der Waals surface area (Å²) in [6.07, 6.45) is 6.45. The minimum absolute atomic E-state index is 0.560.